The number of furan rings is 1. The molecule has 3 heterocycles. The molecule has 11 rings (SSSR count). The number of rotatable bonds is 7. The molecule has 0 spiro atoms. The minimum absolute atomic E-state index is 0.656. The van der Waals surface area contributed by atoms with Crippen LogP contribution in [0.15, 0.2) is 199 Å². The molecule has 0 saturated heterocycles. The summed E-state index contributed by atoms with van der Waals surface area (Å²) in [6.45, 7) is 0. The minimum atomic E-state index is 0.656. The van der Waals surface area contributed by atoms with Crippen molar-refractivity contribution < 1.29 is 4.42 Å². The van der Waals surface area contributed by atoms with Crippen molar-refractivity contribution in [2.24, 2.45) is 0 Å². The molecule has 0 atom stereocenters. The fourth-order valence-electron chi connectivity index (χ4n) is 7.80. The zero-order chi connectivity index (χ0) is 37.7. The summed E-state index contributed by atoms with van der Waals surface area (Å²) in [5, 5.41) is 4.56. The van der Waals surface area contributed by atoms with Gasteiger partial charge in [-0.1, -0.05) is 133 Å². The normalized spacial score (nSPS) is 11.5. The monoisotopic (exact) mass is 748 g/mol. The van der Waals surface area contributed by atoms with Crippen molar-refractivity contribution in [3.63, 3.8) is 0 Å². The van der Waals surface area contributed by atoms with E-state index in [-0.39, 0.29) is 0 Å². The highest BCUT2D eigenvalue weighted by Gasteiger charge is 2.19. The molecule has 0 aliphatic rings. The molecule has 57 heavy (non-hydrogen) atoms. The summed E-state index contributed by atoms with van der Waals surface area (Å²) in [6.07, 6.45) is 0. The molecule has 0 radical (unpaired) electrons. The Morgan fingerprint density at radius 3 is 1.70 bits per heavy atom. The van der Waals surface area contributed by atoms with Gasteiger partial charge in [0.15, 0.2) is 17.5 Å². The van der Waals surface area contributed by atoms with E-state index in [1.807, 2.05) is 72.8 Å². The van der Waals surface area contributed by atoms with Gasteiger partial charge in [-0.25, -0.2) is 15.0 Å². The fourth-order valence-corrected chi connectivity index (χ4v) is 8.97. The van der Waals surface area contributed by atoms with Crippen molar-refractivity contribution in [2.45, 2.75) is 0 Å². The number of hydrogen-bond acceptors (Lipinski definition) is 6. The van der Waals surface area contributed by atoms with Crippen LogP contribution < -0.4 is 4.90 Å². The lowest BCUT2D eigenvalue weighted by atomic mass is 10.0. The van der Waals surface area contributed by atoms with E-state index >= 15 is 0 Å². The van der Waals surface area contributed by atoms with Gasteiger partial charge in [-0.15, -0.1) is 11.3 Å². The van der Waals surface area contributed by atoms with E-state index in [4.69, 9.17) is 19.4 Å². The highest BCUT2D eigenvalue weighted by molar-refractivity contribution is 7.26. The van der Waals surface area contributed by atoms with Crippen LogP contribution in [-0.4, -0.2) is 15.0 Å². The van der Waals surface area contributed by atoms with Crippen LogP contribution in [-0.2, 0) is 0 Å². The molecule has 5 nitrogen and oxygen atoms in total. The van der Waals surface area contributed by atoms with Gasteiger partial charge in [0.2, 0.25) is 0 Å². The van der Waals surface area contributed by atoms with E-state index in [9.17, 15) is 0 Å². The summed E-state index contributed by atoms with van der Waals surface area (Å²) in [7, 11) is 0. The smallest absolute Gasteiger partial charge is 0.164 e. The van der Waals surface area contributed by atoms with Gasteiger partial charge in [-0.3, -0.25) is 0 Å². The molecule has 0 unspecified atom stereocenters. The van der Waals surface area contributed by atoms with Crippen molar-refractivity contribution in [3.8, 4) is 45.3 Å². The summed E-state index contributed by atoms with van der Waals surface area (Å²) in [5.41, 5.74) is 10.2. The van der Waals surface area contributed by atoms with Crippen molar-refractivity contribution in [1.29, 1.82) is 0 Å². The quantitative estimate of drug-likeness (QED) is 0.162. The first kappa shape index (κ1) is 33.0. The summed E-state index contributed by atoms with van der Waals surface area (Å²) < 4.78 is 8.57. The van der Waals surface area contributed by atoms with Crippen molar-refractivity contribution in [3.05, 3.63) is 194 Å². The molecule has 0 aliphatic carbocycles. The molecular formula is C51H32N4OS. The van der Waals surface area contributed by atoms with Gasteiger partial charge in [-0.2, -0.15) is 0 Å². The predicted octanol–water partition coefficient (Wildman–Crippen LogP) is 14.3. The van der Waals surface area contributed by atoms with Gasteiger partial charge in [0, 0.05) is 64.7 Å². The first-order valence-electron chi connectivity index (χ1n) is 18.9. The Hall–Kier alpha value is -7.41. The van der Waals surface area contributed by atoms with Crippen LogP contribution in [0.1, 0.15) is 0 Å². The van der Waals surface area contributed by atoms with Crippen LogP contribution in [0.5, 0.6) is 0 Å². The third-order valence-electron chi connectivity index (χ3n) is 10.5. The van der Waals surface area contributed by atoms with Gasteiger partial charge in [0.05, 0.1) is 0 Å². The van der Waals surface area contributed by atoms with E-state index in [2.05, 4.69) is 126 Å². The molecule has 0 bridgehead atoms. The van der Waals surface area contributed by atoms with Crippen LogP contribution in [0.2, 0.25) is 0 Å². The number of hydrogen-bond donors (Lipinski definition) is 0. The van der Waals surface area contributed by atoms with E-state index in [0.29, 0.717) is 17.5 Å². The van der Waals surface area contributed by atoms with Gasteiger partial charge < -0.3 is 9.32 Å². The van der Waals surface area contributed by atoms with Crippen LogP contribution in [0.25, 0.3) is 87.4 Å². The second-order valence-corrected chi connectivity index (χ2v) is 15.1. The molecule has 11 aromatic rings. The number of anilines is 3. The van der Waals surface area contributed by atoms with E-state index in [1.165, 1.54) is 14.8 Å². The maximum absolute atomic E-state index is 6.16. The van der Waals surface area contributed by atoms with Crippen LogP contribution >= 0.6 is 11.3 Å². The topological polar surface area (TPSA) is 55.1 Å². The maximum Gasteiger partial charge on any atom is 0.164 e. The second kappa shape index (κ2) is 13.7. The van der Waals surface area contributed by atoms with Gasteiger partial charge >= 0.3 is 0 Å². The van der Waals surface area contributed by atoms with Gasteiger partial charge in [0.1, 0.15) is 11.2 Å². The number of thiophene rings is 1. The van der Waals surface area contributed by atoms with E-state index in [1.54, 1.807) is 11.3 Å². The summed E-state index contributed by atoms with van der Waals surface area (Å²) in [5.74, 6) is 1.97. The lowest BCUT2D eigenvalue weighted by Crippen LogP contribution is -2.09. The molecule has 0 fully saturated rings. The first-order chi connectivity index (χ1) is 28.2. The van der Waals surface area contributed by atoms with Gasteiger partial charge in [-0.05, 0) is 71.8 Å². The minimum Gasteiger partial charge on any atom is -0.456 e. The third-order valence-corrected chi connectivity index (χ3v) is 11.6. The average molecular weight is 749 g/mol. The zero-order valence-corrected chi connectivity index (χ0v) is 31.4. The highest BCUT2D eigenvalue weighted by atomic mass is 32.1. The molecule has 0 N–H and O–H groups in total. The number of benzene rings is 8. The number of aromatic nitrogens is 3. The first-order valence-corrected chi connectivity index (χ1v) is 19.7. The van der Waals surface area contributed by atoms with Crippen LogP contribution in [0.3, 0.4) is 0 Å². The predicted molar refractivity (Wildman–Crippen MR) is 236 cm³/mol. The Morgan fingerprint density at radius 2 is 0.965 bits per heavy atom. The molecule has 8 aromatic carbocycles. The van der Waals surface area contributed by atoms with Crippen molar-refractivity contribution >= 4 is 70.5 Å². The lowest BCUT2D eigenvalue weighted by molar-refractivity contribution is 0.669. The summed E-state index contributed by atoms with van der Waals surface area (Å²) in [4.78, 5) is 17.4. The highest BCUT2D eigenvalue weighted by Crippen LogP contribution is 2.43. The standard InChI is InChI=1S/C51H32N4OS/c1-4-13-34(14-5-1)49-52-50(35-15-6-2-7-16-35)54-51(53-49)42-20-12-22-46-48(42)41-29-25-36(31-47(41)57-46)33-23-26-38(27-24-33)55(37-17-8-3-9-18-37)39-28-30-45-43(32-39)40-19-10-11-21-44(40)56-45/h1-32H. The molecule has 3 aromatic heterocycles. The maximum atomic E-state index is 6.16. The molecule has 0 amide bonds. The van der Waals surface area contributed by atoms with Crippen molar-refractivity contribution in [2.75, 3.05) is 4.90 Å². The fraction of sp³-hybridized carbons (Fsp3) is 0. The Bertz CT molecular complexity index is 3170. The average Bonchev–Trinajstić information content (AvgIpc) is 3.85. The molecule has 0 aliphatic heterocycles. The summed E-state index contributed by atoms with van der Waals surface area (Å²) in [6, 6.07) is 67.5. The van der Waals surface area contributed by atoms with E-state index < -0.39 is 0 Å². The second-order valence-electron chi connectivity index (χ2n) is 14.0. The Balaban J connectivity index is 0.980. The molecular weight excluding hydrogens is 717 g/mol. The Morgan fingerprint density at radius 1 is 0.368 bits per heavy atom. The van der Waals surface area contributed by atoms with Crippen LogP contribution in [0, 0.1) is 0 Å². The molecule has 6 heteroatoms. The number of fused-ring (bicyclic) bond motifs is 6. The molecule has 268 valence electrons. The summed E-state index contributed by atoms with van der Waals surface area (Å²) >= 11 is 1.80. The number of para-hydroxylation sites is 2. The Labute approximate surface area is 332 Å². The van der Waals surface area contributed by atoms with E-state index in [0.717, 1.165) is 72.2 Å². The van der Waals surface area contributed by atoms with Crippen molar-refractivity contribution in [1.82, 2.24) is 15.0 Å². The number of nitrogens with zero attached hydrogens (tertiary/aromatic N) is 4. The zero-order valence-electron chi connectivity index (χ0n) is 30.6. The lowest BCUT2D eigenvalue weighted by Gasteiger charge is -2.25. The van der Waals surface area contributed by atoms with Crippen LogP contribution in [0.4, 0.5) is 17.1 Å². The Kier molecular flexibility index (Phi) is 7.93. The third kappa shape index (κ3) is 5.91. The van der Waals surface area contributed by atoms with Gasteiger partial charge in [0.25, 0.3) is 0 Å². The largest absolute Gasteiger partial charge is 0.456 e. The SMILES string of the molecule is c1ccc(-c2nc(-c3ccccc3)nc(-c3cccc4sc5cc(-c6ccc(N(c7ccccc7)c7ccc8oc9ccccc9c8c7)cc6)ccc5c34)n2)cc1. The molecule has 0 saturated carbocycles.